The molecule has 1 unspecified atom stereocenters. The average molecular weight is 648 g/mol. The van der Waals surface area contributed by atoms with Gasteiger partial charge in [0.05, 0.1) is 36.3 Å². The van der Waals surface area contributed by atoms with E-state index in [0.717, 1.165) is 37.1 Å². The molecule has 4 heterocycles. The van der Waals surface area contributed by atoms with Crippen LogP contribution in [-0.2, 0) is 23.9 Å². The number of piperazine rings is 1. The van der Waals surface area contributed by atoms with E-state index in [2.05, 4.69) is 11.0 Å². The maximum Gasteiger partial charge on any atom is 0.419 e. The van der Waals surface area contributed by atoms with E-state index in [1.54, 1.807) is 30.6 Å². The number of nitriles is 1. The van der Waals surface area contributed by atoms with E-state index in [-0.39, 0.29) is 30.7 Å². The second-order valence-corrected chi connectivity index (χ2v) is 13.2. The molecule has 5 rings (SSSR count). The van der Waals surface area contributed by atoms with Gasteiger partial charge in [-0.05, 0) is 78.2 Å². The molecule has 1 aromatic heterocycles. The summed E-state index contributed by atoms with van der Waals surface area (Å²) in [6.07, 6.45) is -2.02. The molecule has 2 atom stereocenters. The molecule has 0 aliphatic carbocycles. The minimum atomic E-state index is -4.82. The highest BCUT2D eigenvalue weighted by Crippen LogP contribution is 2.36. The van der Waals surface area contributed by atoms with Crippen molar-refractivity contribution in [1.82, 2.24) is 19.8 Å². The first-order valence-corrected chi connectivity index (χ1v) is 15.7. The van der Waals surface area contributed by atoms with Crippen molar-refractivity contribution in [3.05, 3.63) is 40.8 Å². The van der Waals surface area contributed by atoms with Crippen molar-refractivity contribution in [1.29, 1.82) is 5.26 Å². The Balaban J connectivity index is 1.47. The van der Waals surface area contributed by atoms with Crippen molar-refractivity contribution in [3.63, 3.8) is 0 Å². The van der Waals surface area contributed by atoms with E-state index < -0.39 is 35.3 Å². The number of anilines is 2. The van der Waals surface area contributed by atoms with Gasteiger partial charge >= 0.3 is 18.3 Å². The Morgan fingerprint density at radius 1 is 1.07 bits per heavy atom. The third-order valence-corrected chi connectivity index (χ3v) is 8.68. The number of carbonyl (C=O) groups is 1. The highest BCUT2D eigenvalue weighted by molar-refractivity contribution is 5.69. The van der Waals surface area contributed by atoms with E-state index >= 15 is 0 Å². The second-order valence-electron chi connectivity index (χ2n) is 13.2. The minimum Gasteiger partial charge on any atom is -0.462 e. The summed E-state index contributed by atoms with van der Waals surface area (Å²) < 4.78 is 66.6. The number of amides is 1. The van der Waals surface area contributed by atoms with E-state index in [4.69, 9.17) is 19.4 Å². The number of nitrogens with zero attached hydrogens (tertiary/aromatic N) is 7. The van der Waals surface area contributed by atoms with Crippen molar-refractivity contribution >= 4 is 17.6 Å². The normalized spacial score (nSPS) is 21.1. The quantitative estimate of drug-likeness (QED) is 0.382. The Kier molecular flexibility index (Phi) is 9.81. The lowest BCUT2D eigenvalue weighted by Crippen LogP contribution is -2.56. The fraction of sp³-hybridized carbons (Fsp3) is 0.625. The summed E-state index contributed by atoms with van der Waals surface area (Å²) >= 11 is 0. The Hall–Kier alpha value is -3.86. The van der Waals surface area contributed by atoms with E-state index in [1.165, 1.54) is 6.07 Å². The summed E-state index contributed by atoms with van der Waals surface area (Å²) in [6.45, 7) is 8.39. The van der Waals surface area contributed by atoms with Gasteiger partial charge in [-0.25, -0.2) is 9.18 Å². The minimum absolute atomic E-state index is 0.0975. The standard InChI is InChI=1S/C32H41F4N7O3/c1-31(2,3)46-30(44)43-16-15-42(18-22(43)11-12-37)28-24-8-6-14-41(21-9-10-26(33)25(17-21)32(34,35)36)19-27(24)38-29(39-28)45-20-23-7-5-13-40(23)4/h9-10,17,22-23H,5-8,11,13-16,18-20H2,1-4H3/t22?,23-/m0/s1. The lowest BCUT2D eigenvalue weighted by atomic mass is 10.1. The molecule has 3 aliphatic rings. The molecular formula is C32H41F4N7O3. The molecule has 1 amide bonds. The predicted octanol–water partition coefficient (Wildman–Crippen LogP) is 5.40. The lowest BCUT2D eigenvalue weighted by molar-refractivity contribution is -0.139. The number of hydrogen-bond acceptors (Lipinski definition) is 9. The topological polar surface area (TPSA) is 98.1 Å². The Morgan fingerprint density at radius 3 is 2.52 bits per heavy atom. The van der Waals surface area contributed by atoms with Gasteiger partial charge in [0, 0.05) is 43.5 Å². The summed E-state index contributed by atoms with van der Waals surface area (Å²) in [5.41, 5.74) is -0.300. The van der Waals surface area contributed by atoms with Crippen LogP contribution in [0.15, 0.2) is 18.2 Å². The number of carbonyl (C=O) groups excluding carboxylic acids is 1. The molecule has 0 spiro atoms. The first-order valence-electron chi connectivity index (χ1n) is 15.7. The van der Waals surface area contributed by atoms with Gasteiger partial charge in [-0.15, -0.1) is 0 Å². The summed E-state index contributed by atoms with van der Waals surface area (Å²) in [5.74, 6) is -0.690. The maximum absolute atomic E-state index is 14.1. The number of alkyl halides is 3. The van der Waals surface area contributed by atoms with Crippen LogP contribution in [0.1, 0.15) is 63.3 Å². The number of halogens is 4. The third kappa shape index (κ3) is 7.74. The van der Waals surface area contributed by atoms with Gasteiger partial charge in [0.1, 0.15) is 23.8 Å². The molecule has 0 bridgehead atoms. The summed E-state index contributed by atoms with van der Waals surface area (Å²) in [4.78, 5) is 30.3. The van der Waals surface area contributed by atoms with Crippen molar-refractivity contribution in [2.24, 2.45) is 0 Å². The molecule has 14 heteroatoms. The molecular weight excluding hydrogens is 606 g/mol. The first-order chi connectivity index (χ1) is 21.7. The van der Waals surface area contributed by atoms with Gasteiger partial charge in [-0.2, -0.15) is 28.4 Å². The molecule has 0 N–H and O–H groups in total. The summed E-state index contributed by atoms with van der Waals surface area (Å²) in [6, 6.07) is 5.16. The molecule has 1 aromatic carbocycles. The highest BCUT2D eigenvalue weighted by Gasteiger charge is 2.37. The van der Waals surface area contributed by atoms with Crippen molar-refractivity contribution in [3.8, 4) is 12.1 Å². The summed E-state index contributed by atoms with van der Waals surface area (Å²) in [5, 5.41) is 9.60. The van der Waals surface area contributed by atoms with Crippen molar-refractivity contribution < 1.29 is 31.8 Å². The van der Waals surface area contributed by atoms with Crippen molar-refractivity contribution in [2.75, 3.05) is 56.2 Å². The van der Waals surface area contributed by atoms with Crippen LogP contribution in [0.5, 0.6) is 6.01 Å². The van der Waals surface area contributed by atoms with Gasteiger partial charge in [0.25, 0.3) is 0 Å². The largest absolute Gasteiger partial charge is 0.462 e. The Morgan fingerprint density at radius 2 is 1.85 bits per heavy atom. The number of benzene rings is 1. The number of hydrogen-bond donors (Lipinski definition) is 0. The summed E-state index contributed by atoms with van der Waals surface area (Å²) in [7, 11) is 2.04. The lowest BCUT2D eigenvalue weighted by Gasteiger charge is -2.42. The van der Waals surface area contributed by atoms with Crippen LogP contribution < -0.4 is 14.5 Å². The van der Waals surface area contributed by atoms with Crippen LogP contribution >= 0.6 is 0 Å². The molecule has 2 fully saturated rings. The van der Waals surface area contributed by atoms with Gasteiger partial charge in [-0.3, -0.25) is 0 Å². The fourth-order valence-electron chi connectivity index (χ4n) is 6.31. The first kappa shape index (κ1) is 33.5. The van der Waals surface area contributed by atoms with Gasteiger partial charge < -0.3 is 29.1 Å². The Labute approximate surface area is 266 Å². The van der Waals surface area contributed by atoms with Crippen LogP contribution in [0.2, 0.25) is 0 Å². The second kappa shape index (κ2) is 13.5. The van der Waals surface area contributed by atoms with Crippen LogP contribution in [0, 0.1) is 17.1 Å². The van der Waals surface area contributed by atoms with Crippen LogP contribution in [0.3, 0.4) is 0 Å². The molecule has 2 saturated heterocycles. The SMILES string of the molecule is CN1CCC[C@H]1COc1nc2c(c(N3CCN(C(=O)OC(C)(C)C)C(CC#N)C3)n1)CCCN(c1ccc(F)c(C(F)(F)F)c1)C2. The number of fused-ring (bicyclic) bond motifs is 1. The number of likely N-dealkylation sites (N-methyl/N-ethyl adjacent to an activating group) is 1. The van der Waals surface area contributed by atoms with Crippen LogP contribution in [-0.4, -0.2) is 89.9 Å². The zero-order valence-electron chi connectivity index (χ0n) is 26.7. The molecule has 0 radical (unpaired) electrons. The average Bonchev–Trinajstić information content (AvgIpc) is 3.26. The van der Waals surface area contributed by atoms with Gasteiger partial charge in [0.15, 0.2) is 0 Å². The van der Waals surface area contributed by atoms with E-state index in [9.17, 15) is 27.6 Å². The highest BCUT2D eigenvalue weighted by atomic mass is 19.4. The zero-order chi connectivity index (χ0) is 33.2. The molecule has 10 nitrogen and oxygen atoms in total. The van der Waals surface area contributed by atoms with Crippen LogP contribution in [0.25, 0.3) is 0 Å². The third-order valence-electron chi connectivity index (χ3n) is 8.68. The monoisotopic (exact) mass is 647 g/mol. The maximum atomic E-state index is 14.1. The smallest absolute Gasteiger partial charge is 0.419 e. The van der Waals surface area contributed by atoms with Crippen molar-refractivity contribution in [2.45, 2.75) is 83.3 Å². The number of ether oxygens (including phenoxy) is 2. The zero-order valence-corrected chi connectivity index (χ0v) is 26.7. The van der Waals surface area contributed by atoms with Gasteiger partial charge in [0.2, 0.25) is 0 Å². The molecule has 3 aliphatic heterocycles. The molecule has 46 heavy (non-hydrogen) atoms. The number of aromatic nitrogens is 2. The molecule has 250 valence electrons. The predicted molar refractivity (Wildman–Crippen MR) is 163 cm³/mol. The Bertz CT molecular complexity index is 1460. The molecule has 0 saturated carbocycles. The number of likely N-dealkylation sites (tertiary alicyclic amines) is 1. The molecule has 2 aromatic rings. The fourth-order valence-corrected chi connectivity index (χ4v) is 6.31. The van der Waals surface area contributed by atoms with Gasteiger partial charge in [-0.1, -0.05) is 0 Å². The van der Waals surface area contributed by atoms with E-state index in [0.29, 0.717) is 57.1 Å². The van der Waals surface area contributed by atoms with Crippen LogP contribution in [0.4, 0.5) is 33.9 Å². The number of rotatable bonds is 6. The van der Waals surface area contributed by atoms with E-state index in [1.807, 2.05) is 11.9 Å².